The average Bonchev–Trinajstić information content (AvgIpc) is 3.22. The summed E-state index contributed by atoms with van der Waals surface area (Å²) in [5.41, 5.74) is 2.66. The zero-order chi connectivity index (χ0) is 14.7. The number of hydrazine groups is 1. The largest absolute Gasteiger partial charge is 0.353 e. The van der Waals surface area contributed by atoms with E-state index >= 15 is 0 Å². The van der Waals surface area contributed by atoms with Gasteiger partial charge in [-0.3, -0.25) is 0 Å². The second kappa shape index (κ2) is 6.37. The van der Waals surface area contributed by atoms with Crippen LogP contribution in [0.15, 0.2) is 6.07 Å². The molecule has 112 valence electrons. The summed E-state index contributed by atoms with van der Waals surface area (Å²) in [4.78, 5) is 13.7. The molecule has 0 spiro atoms. The lowest BCUT2D eigenvalue weighted by atomic mass is 10.2. The predicted octanol–water partition coefficient (Wildman–Crippen LogP) is 1.42. The van der Waals surface area contributed by atoms with Gasteiger partial charge >= 0.3 is 0 Å². The number of hydrogen-bond donors (Lipinski definition) is 2. The van der Waals surface area contributed by atoms with Gasteiger partial charge in [-0.2, -0.15) is 0 Å². The van der Waals surface area contributed by atoms with Crippen molar-refractivity contribution in [1.82, 2.24) is 14.9 Å². The Labute approximate surface area is 121 Å². The van der Waals surface area contributed by atoms with E-state index < -0.39 is 0 Å². The highest BCUT2D eigenvalue weighted by atomic mass is 15.3. The number of aromatic nitrogens is 2. The van der Waals surface area contributed by atoms with Crippen molar-refractivity contribution in [2.24, 2.45) is 5.84 Å². The summed E-state index contributed by atoms with van der Waals surface area (Å²) < 4.78 is 0. The van der Waals surface area contributed by atoms with Crippen LogP contribution in [0.2, 0.25) is 0 Å². The second-order valence-corrected chi connectivity index (χ2v) is 5.79. The van der Waals surface area contributed by atoms with Gasteiger partial charge in [-0.05, 0) is 40.8 Å². The molecule has 1 unspecified atom stereocenters. The first-order chi connectivity index (χ1) is 9.55. The number of nitrogens with zero attached hydrogens (tertiary/aromatic N) is 4. The third-order valence-electron chi connectivity index (χ3n) is 3.62. The Bertz CT molecular complexity index is 443. The number of anilines is 2. The van der Waals surface area contributed by atoms with E-state index in [0.717, 1.165) is 24.7 Å². The molecule has 0 amide bonds. The van der Waals surface area contributed by atoms with Gasteiger partial charge < -0.3 is 15.2 Å². The van der Waals surface area contributed by atoms with E-state index in [1.54, 1.807) is 0 Å². The van der Waals surface area contributed by atoms with E-state index in [0.29, 0.717) is 17.8 Å². The van der Waals surface area contributed by atoms with Gasteiger partial charge in [-0.1, -0.05) is 0 Å². The van der Waals surface area contributed by atoms with Crippen molar-refractivity contribution >= 4 is 11.6 Å². The van der Waals surface area contributed by atoms with Gasteiger partial charge in [0.2, 0.25) is 0 Å². The number of nitrogens with one attached hydrogen (secondary N) is 1. The van der Waals surface area contributed by atoms with Crippen molar-refractivity contribution in [2.75, 3.05) is 37.5 Å². The second-order valence-electron chi connectivity index (χ2n) is 5.79. The van der Waals surface area contributed by atoms with Crippen molar-refractivity contribution in [2.45, 2.75) is 38.6 Å². The Morgan fingerprint density at radius 3 is 2.60 bits per heavy atom. The maximum Gasteiger partial charge on any atom is 0.145 e. The molecule has 20 heavy (non-hydrogen) atoms. The van der Waals surface area contributed by atoms with Crippen LogP contribution in [0.4, 0.5) is 11.6 Å². The minimum Gasteiger partial charge on any atom is -0.353 e. The van der Waals surface area contributed by atoms with Crippen molar-refractivity contribution in [3.05, 3.63) is 11.9 Å². The van der Waals surface area contributed by atoms with Gasteiger partial charge in [-0.15, -0.1) is 0 Å². The summed E-state index contributed by atoms with van der Waals surface area (Å²) in [6.45, 7) is 6.28. The molecule has 0 aliphatic heterocycles. The van der Waals surface area contributed by atoms with Gasteiger partial charge in [0.15, 0.2) is 0 Å². The number of likely N-dealkylation sites (N-methyl/N-ethyl adjacent to an activating group) is 2. The standard InChI is InChI=1S/C14H26N6/c1-5-20(10(2)9-19(3)4)13-8-12(18-15)16-14(17-13)11-6-7-11/h8,10-11H,5-7,9,15H2,1-4H3,(H,16,17,18). The quantitative estimate of drug-likeness (QED) is 0.580. The van der Waals surface area contributed by atoms with Gasteiger partial charge in [0.25, 0.3) is 0 Å². The van der Waals surface area contributed by atoms with Crippen molar-refractivity contribution in [1.29, 1.82) is 0 Å². The minimum atomic E-state index is 0.391. The molecule has 2 rings (SSSR count). The first-order valence-electron chi connectivity index (χ1n) is 7.32. The Hall–Kier alpha value is -1.40. The Morgan fingerprint density at radius 2 is 2.10 bits per heavy atom. The molecule has 1 heterocycles. The summed E-state index contributed by atoms with van der Waals surface area (Å²) >= 11 is 0. The molecule has 1 aliphatic carbocycles. The maximum absolute atomic E-state index is 5.54. The normalized spacial score (nSPS) is 16.3. The van der Waals surface area contributed by atoms with Crippen LogP contribution in [0.1, 0.15) is 38.4 Å². The smallest absolute Gasteiger partial charge is 0.145 e. The molecule has 1 aromatic rings. The van der Waals surface area contributed by atoms with E-state index in [4.69, 9.17) is 10.8 Å². The zero-order valence-corrected chi connectivity index (χ0v) is 12.9. The van der Waals surface area contributed by atoms with Crippen LogP contribution in [0.5, 0.6) is 0 Å². The monoisotopic (exact) mass is 278 g/mol. The first-order valence-corrected chi connectivity index (χ1v) is 7.32. The van der Waals surface area contributed by atoms with Crippen LogP contribution in [0.3, 0.4) is 0 Å². The van der Waals surface area contributed by atoms with Crippen LogP contribution in [-0.2, 0) is 0 Å². The van der Waals surface area contributed by atoms with Crippen LogP contribution < -0.4 is 16.2 Å². The van der Waals surface area contributed by atoms with Gasteiger partial charge in [-0.25, -0.2) is 15.8 Å². The molecule has 1 saturated carbocycles. The Kier molecular flexibility index (Phi) is 4.77. The molecular formula is C14H26N6. The third-order valence-corrected chi connectivity index (χ3v) is 3.62. The fourth-order valence-electron chi connectivity index (χ4n) is 2.52. The zero-order valence-electron chi connectivity index (χ0n) is 12.9. The summed E-state index contributed by atoms with van der Waals surface area (Å²) in [6, 6.07) is 2.32. The van der Waals surface area contributed by atoms with E-state index in [2.05, 4.69) is 48.2 Å². The molecule has 1 aromatic heterocycles. The molecule has 0 aromatic carbocycles. The van der Waals surface area contributed by atoms with Gasteiger partial charge in [0.1, 0.15) is 17.5 Å². The fourth-order valence-corrected chi connectivity index (χ4v) is 2.52. The third kappa shape index (κ3) is 3.58. The van der Waals surface area contributed by atoms with Crippen molar-refractivity contribution in [3.8, 4) is 0 Å². The number of nitrogens with two attached hydrogens (primary N) is 1. The van der Waals surface area contributed by atoms with Crippen LogP contribution in [0, 0.1) is 0 Å². The topological polar surface area (TPSA) is 70.3 Å². The summed E-state index contributed by atoms with van der Waals surface area (Å²) in [5, 5.41) is 0. The van der Waals surface area contributed by atoms with Gasteiger partial charge in [0.05, 0.1) is 0 Å². The van der Waals surface area contributed by atoms with Crippen molar-refractivity contribution in [3.63, 3.8) is 0 Å². The number of hydrogen-bond acceptors (Lipinski definition) is 6. The molecule has 3 N–H and O–H groups in total. The molecule has 0 radical (unpaired) electrons. The predicted molar refractivity (Wildman–Crippen MR) is 82.9 cm³/mol. The molecule has 1 aliphatic rings. The average molecular weight is 278 g/mol. The summed E-state index contributed by atoms with van der Waals surface area (Å²) in [7, 11) is 4.18. The van der Waals surface area contributed by atoms with Crippen LogP contribution >= 0.6 is 0 Å². The molecule has 1 atom stereocenters. The number of rotatable bonds is 7. The van der Waals surface area contributed by atoms with E-state index in [9.17, 15) is 0 Å². The van der Waals surface area contributed by atoms with E-state index in [1.807, 2.05) is 6.07 Å². The molecule has 1 fully saturated rings. The fraction of sp³-hybridized carbons (Fsp3) is 0.714. The van der Waals surface area contributed by atoms with Crippen LogP contribution in [-0.4, -0.2) is 48.1 Å². The highest BCUT2D eigenvalue weighted by Crippen LogP contribution is 2.39. The minimum absolute atomic E-state index is 0.391. The lowest BCUT2D eigenvalue weighted by Gasteiger charge is -2.31. The Balaban J connectivity index is 2.25. The first kappa shape index (κ1) is 15.0. The Morgan fingerprint density at radius 1 is 1.40 bits per heavy atom. The van der Waals surface area contributed by atoms with Crippen LogP contribution in [0.25, 0.3) is 0 Å². The highest BCUT2D eigenvalue weighted by molar-refractivity contribution is 5.50. The molecular weight excluding hydrogens is 252 g/mol. The lowest BCUT2D eigenvalue weighted by Crippen LogP contribution is -2.40. The van der Waals surface area contributed by atoms with E-state index in [-0.39, 0.29) is 0 Å². The van der Waals surface area contributed by atoms with E-state index in [1.165, 1.54) is 12.8 Å². The van der Waals surface area contributed by atoms with Gasteiger partial charge in [0, 0.05) is 31.1 Å². The summed E-state index contributed by atoms with van der Waals surface area (Å²) in [6.07, 6.45) is 2.37. The molecule has 0 saturated heterocycles. The molecule has 6 nitrogen and oxygen atoms in total. The maximum atomic E-state index is 5.54. The lowest BCUT2D eigenvalue weighted by molar-refractivity contribution is 0.372. The summed E-state index contributed by atoms with van der Waals surface area (Å²) in [5.74, 6) is 8.65. The number of nitrogen functional groups attached to an aromatic ring is 1. The van der Waals surface area contributed by atoms with Crippen molar-refractivity contribution < 1.29 is 0 Å². The molecule has 6 heteroatoms. The molecule has 0 bridgehead atoms. The highest BCUT2D eigenvalue weighted by Gasteiger charge is 2.28. The SMILES string of the molecule is CCN(c1cc(NN)nc(C2CC2)n1)C(C)CN(C)C.